The lowest BCUT2D eigenvalue weighted by Gasteiger charge is -2.33. The van der Waals surface area contributed by atoms with E-state index in [1.54, 1.807) is 0 Å². The molecule has 0 bridgehead atoms. The van der Waals surface area contributed by atoms with Crippen LogP contribution in [0.15, 0.2) is 48.5 Å². The number of nitrogens with zero attached hydrogens (tertiary/aromatic N) is 1. The highest BCUT2D eigenvalue weighted by Gasteiger charge is 2.33. The summed E-state index contributed by atoms with van der Waals surface area (Å²) in [6.07, 6.45) is 3.22. The van der Waals surface area contributed by atoms with Crippen LogP contribution in [-0.4, -0.2) is 36.0 Å². The number of rotatable bonds is 6. The highest BCUT2D eigenvalue weighted by Crippen LogP contribution is 2.38. The molecule has 4 heteroatoms. The molecule has 166 valence electrons. The molecule has 2 heterocycles. The number of benzene rings is 2. The number of carbonyl (C=O) groups is 1. The summed E-state index contributed by atoms with van der Waals surface area (Å²) in [5.41, 5.74) is 3.09. The molecule has 2 aliphatic rings. The van der Waals surface area contributed by atoms with Gasteiger partial charge in [-0.1, -0.05) is 48.5 Å². The van der Waals surface area contributed by atoms with E-state index in [1.807, 2.05) is 44.2 Å². The summed E-state index contributed by atoms with van der Waals surface area (Å²) >= 11 is 0. The van der Waals surface area contributed by atoms with Gasteiger partial charge in [-0.25, -0.2) is 0 Å². The highest BCUT2D eigenvalue weighted by atomic mass is 16.5. The van der Waals surface area contributed by atoms with Crippen molar-refractivity contribution in [2.24, 2.45) is 5.92 Å². The number of hydrogen-bond donors (Lipinski definition) is 1. The highest BCUT2D eigenvalue weighted by molar-refractivity contribution is 5.87. The molecule has 1 N–H and O–H groups in total. The average Bonchev–Trinajstić information content (AvgIpc) is 3.08. The maximum absolute atomic E-state index is 12.8. The Kier molecular flexibility index (Phi) is 6.11. The van der Waals surface area contributed by atoms with Crippen molar-refractivity contribution in [2.45, 2.75) is 64.5 Å². The molecule has 4 nitrogen and oxygen atoms in total. The van der Waals surface area contributed by atoms with Crippen molar-refractivity contribution >= 4 is 5.91 Å². The van der Waals surface area contributed by atoms with Gasteiger partial charge in [0.2, 0.25) is 5.91 Å². The number of ether oxygens (including phenoxy) is 1. The van der Waals surface area contributed by atoms with Gasteiger partial charge in [0, 0.05) is 25.1 Å². The molecular formula is C27H36N2O2. The Morgan fingerprint density at radius 2 is 1.81 bits per heavy atom. The lowest BCUT2D eigenvalue weighted by atomic mass is 9.83. The molecule has 1 fully saturated rings. The number of amides is 1. The summed E-state index contributed by atoms with van der Waals surface area (Å²) in [6.45, 7) is 12.2. The van der Waals surface area contributed by atoms with E-state index >= 15 is 0 Å². The maximum atomic E-state index is 12.8. The fourth-order valence-corrected chi connectivity index (χ4v) is 4.84. The second kappa shape index (κ2) is 8.66. The Hall–Kier alpha value is -2.33. The number of nitrogens with one attached hydrogen (secondary N) is 1. The third-order valence-electron chi connectivity index (χ3n) is 6.89. The van der Waals surface area contributed by atoms with E-state index in [9.17, 15) is 4.79 Å². The molecule has 0 aromatic heterocycles. The van der Waals surface area contributed by atoms with Crippen molar-refractivity contribution in [2.75, 3.05) is 19.6 Å². The minimum Gasteiger partial charge on any atom is -0.487 e. The van der Waals surface area contributed by atoms with Crippen molar-refractivity contribution in [1.82, 2.24) is 10.2 Å². The molecule has 0 spiro atoms. The van der Waals surface area contributed by atoms with Crippen LogP contribution >= 0.6 is 0 Å². The van der Waals surface area contributed by atoms with Crippen LogP contribution in [0.2, 0.25) is 0 Å². The van der Waals surface area contributed by atoms with E-state index < -0.39 is 5.41 Å². The molecule has 0 saturated carbocycles. The lowest BCUT2D eigenvalue weighted by molar-refractivity contribution is -0.125. The molecule has 2 aromatic carbocycles. The summed E-state index contributed by atoms with van der Waals surface area (Å²) in [7, 11) is 0. The van der Waals surface area contributed by atoms with E-state index in [1.165, 1.54) is 11.1 Å². The van der Waals surface area contributed by atoms with Gasteiger partial charge in [-0.2, -0.15) is 0 Å². The van der Waals surface area contributed by atoms with Gasteiger partial charge >= 0.3 is 0 Å². The summed E-state index contributed by atoms with van der Waals surface area (Å²) in [5, 5.41) is 3.22. The molecule has 1 saturated heterocycles. The molecule has 2 aromatic rings. The smallest absolute Gasteiger partial charge is 0.230 e. The minimum absolute atomic E-state index is 0.100. The van der Waals surface area contributed by atoms with Gasteiger partial charge in [-0.05, 0) is 70.7 Å². The topological polar surface area (TPSA) is 41.6 Å². The third kappa shape index (κ3) is 4.95. The van der Waals surface area contributed by atoms with E-state index in [4.69, 9.17) is 4.74 Å². The molecule has 0 radical (unpaired) electrons. The van der Waals surface area contributed by atoms with Crippen molar-refractivity contribution in [3.05, 3.63) is 65.2 Å². The first-order valence-electron chi connectivity index (χ1n) is 11.6. The molecule has 0 atom stereocenters. The molecular weight excluding hydrogens is 384 g/mol. The summed E-state index contributed by atoms with van der Waals surface area (Å²) in [5.74, 6) is 1.76. The number of likely N-dealkylation sites (tertiary alicyclic amines) is 1. The molecule has 0 unspecified atom stereocenters. The first-order valence-corrected chi connectivity index (χ1v) is 11.6. The van der Waals surface area contributed by atoms with Gasteiger partial charge in [-0.15, -0.1) is 0 Å². The second-order valence-electron chi connectivity index (χ2n) is 10.4. The predicted molar refractivity (Wildman–Crippen MR) is 125 cm³/mol. The monoisotopic (exact) mass is 420 g/mol. The van der Waals surface area contributed by atoms with Crippen LogP contribution in [0.1, 0.15) is 57.2 Å². The summed E-state index contributed by atoms with van der Waals surface area (Å²) < 4.78 is 6.25. The van der Waals surface area contributed by atoms with Gasteiger partial charge in [0.1, 0.15) is 11.4 Å². The van der Waals surface area contributed by atoms with E-state index in [2.05, 4.69) is 42.3 Å². The van der Waals surface area contributed by atoms with E-state index in [0.717, 1.165) is 56.8 Å². The summed E-state index contributed by atoms with van der Waals surface area (Å²) in [4.78, 5) is 15.4. The Morgan fingerprint density at radius 3 is 2.52 bits per heavy atom. The van der Waals surface area contributed by atoms with Gasteiger partial charge < -0.3 is 10.1 Å². The van der Waals surface area contributed by atoms with Crippen LogP contribution in [0.5, 0.6) is 5.75 Å². The zero-order valence-electron chi connectivity index (χ0n) is 19.4. The average molecular weight is 421 g/mol. The number of piperidine rings is 1. The quantitative estimate of drug-likeness (QED) is 0.736. The van der Waals surface area contributed by atoms with E-state index in [-0.39, 0.29) is 11.5 Å². The number of hydrogen-bond acceptors (Lipinski definition) is 3. The van der Waals surface area contributed by atoms with Crippen LogP contribution in [-0.2, 0) is 23.2 Å². The fraction of sp³-hybridized carbons (Fsp3) is 0.519. The fourth-order valence-electron chi connectivity index (χ4n) is 4.84. The Balaban J connectivity index is 1.27. The molecule has 31 heavy (non-hydrogen) atoms. The number of fused-ring (bicyclic) bond motifs is 1. The van der Waals surface area contributed by atoms with Crippen LogP contribution < -0.4 is 10.1 Å². The van der Waals surface area contributed by atoms with Gasteiger partial charge in [-0.3, -0.25) is 9.69 Å². The van der Waals surface area contributed by atoms with E-state index in [0.29, 0.717) is 5.92 Å². The molecule has 4 rings (SSSR count). The van der Waals surface area contributed by atoms with Crippen LogP contribution in [0.4, 0.5) is 0 Å². The Morgan fingerprint density at radius 1 is 1.10 bits per heavy atom. The first-order chi connectivity index (χ1) is 14.7. The normalized spacial score (nSPS) is 19.0. The van der Waals surface area contributed by atoms with Gasteiger partial charge in [0.25, 0.3) is 0 Å². The zero-order valence-corrected chi connectivity index (χ0v) is 19.4. The predicted octanol–water partition coefficient (Wildman–Crippen LogP) is 4.71. The van der Waals surface area contributed by atoms with Crippen LogP contribution in [0.25, 0.3) is 0 Å². The molecule has 0 aliphatic carbocycles. The van der Waals surface area contributed by atoms with Crippen molar-refractivity contribution in [1.29, 1.82) is 0 Å². The first kappa shape index (κ1) is 21.9. The SMILES string of the molecule is CC1(C)Cc2cccc(CN3CCC(CNC(=O)C(C)(C)c4ccccc4)CC3)c2O1. The van der Waals surface area contributed by atoms with Gasteiger partial charge in [0.05, 0.1) is 5.41 Å². The number of carbonyl (C=O) groups excluding carboxylic acids is 1. The Bertz CT molecular complexity index is 912. The second-order valence-corrected chi connectivity index (χ2v) is 10.4. The largest absolute Gasteiger partial charge is 0.487 e. The Labute approximate surface area is 187 Å². The maximum Gasteiger partial charge on any atom is 0.230 e. The van der Waals surface area contributed by atoms with Crippen molar-refractivity contribution in [3.8, 4) is 5.75 Å². The van der Waals surface area contributed by atoms with Crippen LogP contribution in [0.3, 0.4) is 0 Å². The molecule has 2 aliphatic heterocycles. The van der Waals surface area contributed by atoms with Gasteiger partial charge in [0.15, 0.2) is 0 Å². The number of para-hydroxylation sites is 1. The van der Waals surface area contributed by atoms with Crippen molar-refractivity contribution in [3.63, 3.8) is 0 Å². The van der Waals surface area contributed by atoms with Crippen LogP contribution in [0, 0.1) is 5.92 Å². The third-order valence-corrected chi connectivity index (χ3v) is 6.89. The summed E-state index contributed by atoms with van der Waals surface area (Å²) in [6, 6.07) is 16.6. The lowest BCUT2D eigenvalue weighted by Crippen LogP contribution is -2.44. The molecule has 1 amide bonds. The minimum atomic E-state index is -0.510. The standard InChI is InChI=1S/C27H36N2O2/c1-26(2)17-21-9-8-10-22(24(21)31-26)19-29-15-13-20(14-16-29)18-28-25(30)27(3,4)23-11-6-5-7-12-23/h5-12,20H,13-19H2,1-4H3,(H,28,30). The van der Waals surface area contributed by atoms with Crippen molar-refractivity contribution < 1.29 is 9.53 Å². The zero-order chi connectivity index (χ0) is 22.1.